The van der Waals surface area contributed by atoms with Crippen molar-refractivity contribution in [3.63, 3.8) is 0 Å². The van der Waals surface area contributed by atoms with Crippen LogP contribution >= 0.6 is 0 Å². The second-order valence-electron chi connectivity index (χ2n) is 5.92. The fraction of sp³-hybridized carbons (Fsp3) is 0.625. The van der Waals surface area contributed by atoms with Gasteiger partial charge in [0, 0.05) is 12.6 Å². The van der Waals surface area contributed by atoms with E-state index < -0.39 is 0 Å². The molecule has 20 heavy (non-hydrogen) atoms. The fourth-order valence-electron chi connectivity index (χ4n) is 3.58. The molecule has 1 heterocycles. The highest BCUT2D eigenvalue weighted by atomic mass is 19.1. The second-order valence-corrected chi connectivity index (χ2v) is 5.92. The molecule has 0 radical (unpaired) electrons. The van der Waals surface area contributed by atoms with Crippen LogP contribution < -0.4 is 10.6 Å². The lowest BCUT2D eigenvalue weighted by Gasteiger charge is -2.46. The largest absolute Gasteiger partial charge is 0.374 e. The minimum atomic E-state index is -0.161. The molecule has 3 atom stereocenters. The van der Waals surface area contributed by atoms with Crippen LogP contribution in [-0.4, -0.2) is 25.3 Å². The number of fused-ring (bicyclic) bond motifs is 1. The summed E-state index contributed by atoms with van der Waals surface area (Å²) in [5, 5.41) is 0. The van der Waals surface area contributed by atoms with Gasteiger partial charge in [0.15, 0.2) is 0 Å². The van der Waals surface area contributed by atoms with Crippen LogP contribution in [0.15, 0.2) is 18.2 Å². The molecule has 1 aliphatic carbocycles. The van der Waals surface area contributed by atoms with Gasteiger partial charge in [-0.2, -0.15) is 0 Å². The minimum absolute atomic E-state index is 0.161. The molecule has 2 N–H and O–H groups in total. The molecule has 1 saturated carbocycles. The summed E-state index contributed by atoms with van der Waals surface area (Å²) in [6.07, 6.45) is 4.83. The molecule has 2 aliphatic rings. The molecule has 3 rings (SSSR count). The van der Waals surface area contributed by atoms with E-state index in [9.17, 15) is 4.39 Å². The van der Waals surface area contributed by atoms with Crippen LogP contribution in [0.2, 0.25) is 0 Å². The number of ether oxygens (including phenoxy) is 1. The van der Waals surface area contributed by atoms with Crippen molar-refractivity contribution in [3.05, 3.63) is 29.6 Å². The first kappa shape index (κ1) is 13.8. The monoisotopic (exact) mass is 278 g/mol. The third-order valence-corrected chi connectivity index (χ3v) is 4.53. The highest BCUT2D eigenvalue weighted by Gasteiger charge is 2.36. The van der Waals surface area contributed by atoms with Crippen molar-refractivity contribution < 1.29 is 9.13 Å². The van der Waals surface area contributed by atoms with Gasteiger partial charge in [-0.05, 0) is 31.4 Å². The van der Waals surface area contributed by atoms with E-state index in [2.05, 4.69) is 4.90 Å². The predicted molar refractivity (Wildman–Crippen MR) is 78.3 cm³/mol. The predicted octanol–water partition coefficient (Wildman–Crippen LogP) is 2.99. The number of hydrogen-bond donors (Lipinski definition) is 1. The maximum Gasteiger partial charge on any atom is 0.146 e. The van der Waals surface area contributed by atoms with Crippen LogP contribution in [0.3, 0.4) is 0 Å². The fourth-order valence-corrected chi connectivity index (χ4v) is 3.58. The number of hydrogen-bond acceptors (Lipinski definition) is 3. The first-order valence-electron chi connectivity index (χ1n) is 7.60. The Balaban J connectivity index is 1.98. The standard InChI is InChI=1S/C16H23FN2O/c1-11(18)12-5-4-6-13(17)16(12)19-9-10-20-15-8-3-2-7-14(15)19/h4-6,11,14-15H,2-3,7-10,18H2,1H3/t11-,14?,15?/m0/s1. The first-order valence-corrected chi connectivity index (χ1v) is 7.60. The Morgan fingerprint density at radius 2 is 2.15 bits per heavy atom. The molecule has 2 fully saturated rings. The van der Waals surface area contributed by atoms with Crippen LogP contribution in [0.1, 0.15) is 44.2 Å². The Kier molecular flexibility index (Phi) is 3.94. The van der Waals surface area contributed by atoms with Crippen LogP contribution in [-0.2, 0) is 4.74 Å². The molecule has 2 unspecified atom stereocenters. The van der Waals surface area contributed by atoms with Crippen LogP contribution in [0, 0.1) is 5.82 Å². The number of rotatable bonds is 2. The molecule has 4 heteroatoms. The lowest BCUT2D eigenvalue weighted by molar-refractivity contribution is -0.00899. The van der Waals surface area contributed by atoms with Gasteiger partial charge in [-0.1, -0.05) is 25.0 Å². The van der Waals surface area contributed by atoms with Gasteiger partial charge in [0.2, 0.25) is 0 Å². The molecule has 1 aromatic carbocycles. The highest BCUT2D eigenvalue weighted by Crippen LogP contribution is 2.36. The third kappa shape index (κ3) is 2.42. The van der Waals surface area contributed by atoms with Crippen molar-refractivity contribution >= 4 is 5.69 Å². The number of morpholine rings is 1. The topological polar surface area (TPSA) is 38.5 Å². The van der Waals surface area contributed by atoms with E-state index in [1.807, 2.05) is 13.0 Å². The zero-order chi connectivity index (χ0) is 14.1. The summed E-state index contributed by atoms with van der Waals surface area (Å²) in [5.41, 5.74) is 7.63. The number of nitrogens with two attached hydrogens (primary N) is 1. The Labute approximate surface area is 119 Å². The van der Waals surface area contributed by atoms with Gasteiger partial charge in [0.05, 0.1) is 24.4 Å². The summed E-state index contributed by atoms with van der Waals surface area (Å²) in [7, 11) is 0. The molecular weight excluding hydrogens is 255 g/mol. The van der Waals surface area contributed by atoms with E-state index in [1.54, 1.807) is 6.07 Å². The molecule has 1 aromatic rings. The Hall–Kier alpha value is -1.13. The zero-order valence-electron chi connectivity index (χ0n) is 12.0. The van der Waals surface area contributed by atoms with Crippen molar-refractivity contribution in [2.24, 2.45) is 5.73 Å². The van der Waals surface area contributed by atoms with Gasteiger partial charge in [0.25, 0.3) is 0 Å². The van der Waals surface area contributed by atoms with E-state index in [4.69, 9.17) is 10.5 Å². The lowest BCUT2D eigenvalue weighted by atomic mass is 9.89. The quantitative estimate of drug-likeness (QED) is 0.904. The van der Waals surface area contributed by atoms with E-state index in [1.165, 1.54) is 18.9 Å². The number of halogens is 1. The lowest BCUT2D eigenvalue weighted by Crippen LogP contribution is -2.53. The molecule has 3 nitrogen and oxygen atoms in total. The molecule has 0 amide bonds. The maximum absolute atomic E-state index is 14.4. The number of nitrogens with zero attached hydrogens (tertiary/aromatic N) is 1. The van der Waals surface area contributed by atoms with Crippen LogP contribution in [0.4, 0.5) is 10.1 Å². The number of para-hydroxylation sites is 1. The van der Waals surface area contributed by atoms with Crippen LogP contribution in [0.5, 0.6) is 0 Å². The summed E-state index contributed by atoms with van der Waals surface area (Å²) in [6.45, 7) is 3.34. The summed E-state index contributed by atoms with van der Waals surface area (Å²) in [5.74, 6) is -0.161. The van der Waals surface area contributed by atoms with Crippen molar-refractivity contribution in [3.8, 4) is 0 Å². The van der Waals surface area contributed by atoms with Crippen LogP contribution in [0.25, 0.3) is 0 Å². The highest BCUT2D eigenvalue weighted by molar-refractivity contribution is 5.57. The molecule has 1 aliphatic heterocycles. The Morgan fingerprint density at radius 1 is 1.35 bits per heavy atom. The molecule has 1 saturated heterocycles. The van der Waals surface area contributed by atoms with Gasteiger partial charge in [-0.15, -0.1) is 0 Å². The second kappa shape index (κ2) is 5.70. The zero-order valence-corrected chi connectivity index (χ0v) is 12.0. The van der Waals surface area contributed by atoms with Gasteiger partial charge in [0.1, 0.15) is 5.82 Å². The average molecular weight is 278 g/mol. The smallest absolute Gasteiger partial charge is 0.146 e. The summed E-state index contributed by atoms with van der Waals surface area (Å²) >= 11 is 0. The van der Waals surface area contributed by atoms with Gasteiger partial charge in [-0.25, -0.2) is 4.39 Å². The summed E-state index contributed by atoms with van der Waals surface area (Å²) < 4.78 is 20.3. The Bertz CT molecular complexity index is 476. The third-order valence-electron chi connectivity index (χ3n) is 4.53. The van der Waals surface area contributed by atoms with Crippen molar-refractivity contribution in [1.82, 2.24) is 0 Å². The van der Waals surface area contributed by atoms with Crippen molar-refractivity contribution in [1.29, 1.82) is 0 Å². The minimum Gasteiger partial charge on any atom is -0.374 e. The molecule has 0 aromatic heterocycles. The maximum atomic E-state index is 14.4. The van der Waals surface area contributed by atoms with Gasteiger partial charge >= 0.3 is 0 Å². The SMILES string of the molecule is C[C@H](N)c1cccc(F)c1N1CCOC2CCCCC21. The number of anilines is 1. The van der Waals surface area contributed by atoms with E-state index in [0.29, 0.717) is 18.3 Å². The van der Waals surface area contributed by atoms with Crippen molar-refractivity contribution in [2.75, 3.05) is 18.1 Å². The molecule has 110 valence electrons. The molecule has 0 spiro atoms. The average Bonchev–Trinajstić information content (AvgIpc) is 2.46. The molecular formula is C16H23FN2O. The first-order chi connectivity index (χ1) is 9.68. The summed E-state index contributed by atoms with van der Waals surface area (Å²) in [6, 6.07) is 5.36. The number of benzene rings is 1. The normalized spacial score (nSPS) is 28.1. The van der Waals surface area contributed by atoms with Crippen molar-refractivity contribution in [2.45, 2.75) is 50.8 Å². The summed E-state index contributed by atoms with van der Waals surface area (Å²) in [4.78, 5) is 2.21. The molecule has 0 bridgehead atoms. The van der Waals surface area contributed by atoms with Gasteiger partial charge in [-0.3, -0.25) is 0 Å². The van der Waals surface area contributed by atoms with E-state index >= 15 is 0 Å². The Morgan fingerprint density at radius 3 is 2.95 bits per heavy atom. The van der Waals surface area contributed by atoms with E-state index in [-0.39, 0.29) is 18.0 Å². The van der Waals surface area contributed by atoms with E-state index in [0.717, 1.165) is 24.9 Å². The van der Waals surface area contributed by atoms with Gasteiger partial charge < -0.3 is 15.4 Å².